The third-order valence-corrected chi connectivity index (χ3v) is 4.44. The molecule has 0 bridgehead atoms. The molecule has 0 unspecified atom stereocenters. The number of rotatable bonds is 5. The van der Waals surface area contributed by atoms with Crippen LogP contribution < -0.4 is 10.7 Å². The number of hydrogen-bond acceptors (Lipinski definition) is 3. The minimum Gasteiger partial charge on any atom is -0.347 e. The van der Waals surface area contributed by atoms with Crippen LogP contribution in [0.2, 0.25) is 10.0 Å². The average Bonchev–Trinajstić information content (AvgIpc) is 2.56. The van der Waals surface area contributed by atoms with Crippen molar-refractivity contribution in [3.05, 3.63) is 33.8 Å². The van der Waals surface area contributed by atoms with Crippen LogP contribution in [0, 0.1) is 5.92 Å². The van der Waals surface area contributed by atoms with Crippen molar-refractivity contribution in [3.63, 3.8) is 0 Å². The Morgan fingerprint density at radius 2 is 1.83 bits per heavy atom. The summed E-state index contributed by atoms with van der Waals surface area (Å²) in [7, 11) is 0. The van der Waals surface area contributed by atoms with E-state index in [9.17, 15) is 9.59 Å². The molecule has 124 valence electrons. The van der Waals surface area contributed by atoms with E-state index in [0.29, 0.717) is 15.6 Å². The molecular weight excluding hydrogens is 337 g/mol. The summed E-state index contributed by atoms with van der Waals surface area (Å²) in [5, 5.41) is 7.35. The molecular formula is C16H19Cl2N3O2. The predicted octanol–water partition coefficient (Wildman–Crippen LogP) is 3.14. The predicted molar refractivity (Wildman–Crippen MR) is 91.8 cm³/mol. The van der Waals surface area contributed by atoms with Crippen LogP contribution in [-0.4, -0.2) is 24.6 Å². The first-order chi connectivity index (χ1) is 11.1. The molecule has 1 aromatic carbocycles. The molecule has 2 amide bonds. The summed E-state index contributed by atoms with van der Waals surface area (Å²) < 4.78 is 0. The Hall–Kier alpha value is -1.59. The zero-order valence-corrected chi connectivity index (χ0v) is 14.2. The van der Waals surface area contributed by atoms with E-state index in [1.54, 1.807) is 18.2 Å². The molecule has 0 atom stereocenters. The van der Waals surface area contributed by atoms with E-state index in [4.69, 9.17) is 23.2 Å². The third-order valence-electron chi connectivity index (χ3n) is 3.78. The van der Waals surface area contributed by atoms with Crippen LogP contribution in [0.15, 0.2) is 23.3 Å². The fourth-order valence-corrected chi connectivity index (χ4v) is 3.01. The number of halogens is 2. The quantitative estimate of drug-likeness (QED) is 0.629. The number of nitrogens with one attached hydrogen (secondary N) is 2. The van der Waals surface area contributed by atoms with Gasteiger partial charge in [0, 0.05) is 11.5 Å². The van der Waals surface area contributed by atoms with Crippen molar-refractivity contribution in [2.24, 2.45) is 11.0 Å². The normalized spacial score (nSPS) is 15.6. The average molecular weight is 356 g/mol. The first kappa shape index (κ1) is 17.8. The lowest BCUT2D eigenvalue weighted by Crippen LogP contribution is -2.38. The van der Waals surface area contributed by atoms with E-state index in [1.165, 1.54) is 12.6 Å². The minimum absolute atomic E-state index is 0.0296. The van der Waals surface area contributed by atoms with Crippen molar-refractivity contribution in [3.8, 4) is 0 Å². The zero-order valence-electron chi connectivity index (χ0n) is 12.6. The molecule has 0 saturated heterocycles. The number of carbonyl (C=O) groups is 2. The summed E-state index contributed by atoms with van der Waals surface area (Å²) >= 11 is 12.0. The van der Waals surface area contributed by atoms with Crippen molar-refractivity contribution in [2.45, 2.75) is 32.1 Å². The molecule has 0 aromatic heterocycles. The smallest absolute Gasteiger partial charge is 0.259 e. The summed E-state index contributed by atoms with van der Waals surface area (Å²) in [6.07, 6.45) is 6.52. The third kappa shape index (κ3) is 5.52. The monoisotopic (exact) mass is 355 g/mol. The number of carbonyl (C=O) groups excluding carboxylic acids is 2. The molecule has 0 aliphatic heterocycles. The molecule has 1 saturated carbocycles. The molecule has 1 fully saturated rings. The van der Waals surface area contributed by atoms with Crippen LogP contribution in [0.5, 0.6) is 0 Å². The highest BCUT2D eigenvalue weighted by Gasteiger charge is 2.21. The summed E-state index contributed by atoms with van der Waals surface area (Å²) in [6, 6.07) is 5.09. The van der Waals surface area contributed by atoms with Gasteiger partial charge >= 0.3 is 0 Å². The lowest BCUT2D eigenvalue weighted by molar-refractivity contribution is -0.129. The van der Waals surface area contributed by atoms with Gasteiger partial charge in [0.2, 0.25) is 5.91 Å². The van der Waals surface area contributed by atoms with Gasteiger partial charge in [-0.1, -0.05) is 48.5 Å². The Morgan fingerprint density at radius 1 is 1.17 bits per heavy atom. The maximum atomic E-state index is 11.9. The second-order valence-corrected chi connectivity index (χ2v) is 6.30. The number of benzene rings is 1. The highest BCUT2D eigenvalue weighted by Crippen LogP contribution is 2.23. The highest BCUT2D eigenvalue weighted by molar-refractivity contribution is 6.38. The number of hydrazone groups is 1. The van der Waals surface area contributed by atoms with Crippen molar-refractivity contribution in [2.75, 3.05) is 6.54 Å². The number of hydrogen-bond donors (Lipinski definition) is 2. The van der Waals surface area contributed by atoms with Gasteiger partial charge in [-0.3, -0.25) is 9.59 Å². The van der Waals surface area contributed by atoms with Crippen molar-refractivity contribution in [1.29, 1.82) is 0 Å². The van der Waals surface area contributed by atoms with Gasteiger partial charge in [0.05, 0.1) is 22.8 Å². The fourth-order valence-electron chi connectivity index (χ4n) is 2.52. The van der Waals surface area contributed by atoms with E-state index in [1.807, 2.05) is 0 Å². The molecule has 1 aliphatic rings. The van der Waals surface area contributed by atoms with Gasteiger partial charge in [0.25, 0.3) is 5.91 Å². The standard InChI is InChI=1S/C16H19Cl2N3O2/c17-13-7-4-8-14(18)12(13)9-20-21-15(22)10-19-16(23)11-5-2-1-3-6-11/h4,7-9,11H,1-3,5-6,10H2,(H,19,23)(H,21,22). The van der Waals surface area contributed by atoms with Gasteiger partial charge in [-0.25, -0.2) is 5.43 Å². The van der Waals surface area contributed by atoms with Gasteiger partial charge in [-0.05, 0) is 25.0 Å². The van der Waals surface area contributed by atoms with E-state index in [2.05, 4.69) is 15.8 Å². The van der Waals surface area contributed by atoms with Crippen LogP contribution in [0.3, 0.4) is 0 Å². The molecule has 0 heterocycles. The largest absolute Gasteiger partial charge is 0.347 e. The van der Waals surface area contributed by atoms with Gasteiger partial charge in [0.1, 0.15) is 0 Å². The van der Waals surface area contributed by atoms with Gasteiger partial charge < -0.3 is 5.32 Å². The molecule has 2 rings (SSSR count). The molecule has 5 nitrogen and oxygen atoms in total. The van der Waals surface area contributed by atoms with E-state index >= 15 is 0 Å². The Morgan fingerprint density at radius 3 is 2.48 bits per heavy atom. The van der Waals surface area contributed by atoms with Crippen LogP contribution >= 0.6 is 23.2 Å². The van der Waals surface area contributed by atoms with Gasteiger partial charge in [-0.2, -0.15) is 5.10 Å². The lowest BCUT2D eigenvalue weighted by atomic mass is 9.89. The molecule has 2 N–H and O–H groups in total. The summed E-state index contributed by atoms with van der Waals surface area (Å²) in [4.78, 5) is 23.6. The van der Waals surface area contributed by atoms with E-state index in [-0.39, 0.29) is 18.4 Å². The fraction of sp³-hybridized carbons (Fsp3) is 0.438. The second kappa shape index (κ2) is 8.89. The molecule has 7 heteroatoms. The molecule has 23 heavy (non-hydrogen) atoms. The van der Waals surface area contributed by atoms with E-state index in [0.717, 1.165) is 25.7 Å². The summed E-state index contributed by atoms with van der Waals surface area (Å²) in [5.74, 6) is -0.423. The molecule has 1 aromatic rings. The lowest BCUT2D eigenvalue weighted by Gasteiger charge is -2.20. The topological polar surface area (TPSA) is 70.6 Å². The summed E-state index contributed by atoms with van der Waals surface area (Å²) in [5.41, 5.74) is 2.87. The van der Waals surface area contributed by atoms with Crippen LogP contribution in [0.4, 0.5) is 0 Å². The molecule has 0 spiro atoms. The van der Waals surface area contributed by atoms with Crippen molar-refractivity contribution < 1.29 is 9.59 Å². The van der Waals surface area contributed by atoms with Gasteiger partial charge in [-0.15, -0.1) is 0 Å². The Kier molecular flexibility index (Phi) is 6.86. The van der Waals surface area contributed by atoms with Crippen LogP contribution in [-0.2, 0) is 9.59 Å². The summed E-state index contributed by atoms with van der Waals surface area (Å²) in [6.45, 7) is -0.0943. The maximum absolute atomic E-state index is 11.9. The zero-order chi connectivity index (χ0) is 16.7. The molecule has 1 aliphatic carbocycles. The Bertz CT molecular complexity index is 579. The van der Waals surface area contributed by atoms with Crippen molar-refractivity contribution in [1.82, 2.24) is 10.7 Å². The van der Waals surface area contributed by atoms with Crippen LogP contribution in [0.25, 0.3) is 0 Å². The number of amides is 2. The SMILES string of the molecule is O=C(CNC(=O)C1CCCCC1)NN=Cc1c(Cl)cccc1Cl. The first-order valence-electron chi connectivity index (χ1n) is 7.61. The second-order valence-electron chi connectivity index (χ2n) is 5.48. The Labute approximate surface area is 145 Å². The Balaban J connectivity index is 1.76. The maximum Gasteiger partial charge on any atom is 0.259 e. The van der Waals surface area contributed by atoms with Gasteiger partial charge in [0.15, 0.2) is 0 Å². The minimum atomic E-state index is -0.395. The highest BCUT2D eigenvalue weighted by atomic mass is 35.5. The number of nitrogens with zero attached hydrogens (tertiary/aromatic N) is 1. The van der Waals surface area contributed by atoms with Crippen molar-refractivity contribution >= 4 is 41.2 Å². The molecule has 0 radical (unpaired) electrons. The van der Waals surface area contributed by atoms with E-state index < -0.39 is 5.91 Å². The van der Waals surface area contributed by atoms with Crippen LogP contribution in [0.1, 0.15) is 37.7 Å². The first-order valence-corrected chi connectivity index (χ1v) is 8.37.